The van der Waals surface area contributed by atoms with Crippen LogP contribution in [0, 0.1) is 28.8 Å². The fraction of sp³-hybridized carbons (Fsp3) is 0.222. The number of hydrogen-bond donors (Lipinski definition) is 0. The molecule has 0 radical (unpaired) electrons. The van der Waals surface area contributed by atoms with E-state index in [1.165, 1.54) is 4.90 Å². The molecule has 25 heavy (non-hydrogen) atoms. The summed E-state index contributed by atoms with van der Waals surface area (Å²) in [6.07, 6.45) is 0. The molecule has 1 saturated heterocycles. The maximum Gasteiger partial charge on any atom is 0.257 e. The van der Waals surface area contributed by atoms with Crippen LogP contribution in [0.25, 0.3) is 0 Å². The molecule has 1 aliphatic heterocycles. The number of benzene rings is 2. The Morgan fingerprint density at radius 1 is 0.920 bits per heavy atom. The summed E-state index contributed by atoms with van der Waals surface area (Å²) in [6, 6.07) is 10.8. The second kappa shape index (κ2) is 6.85. The zero-order valence-corrected chi connectivity index (χ0v) is 13.2. The van der Waals surface area contributed by atoms with Crippen molar-refractivity contribution in [1.82, 2.24) is 4.90 Å². The number of amides is 1. The number of carbonyl (C=O) groups excluding carboxylic acids is 1. The lowest BCUT2D eigenvalue weighted by molar-refractivity contribution is 0.0740. The van der Waals surface area contributed by atoms with Gasteiger partial charge in [-0.15, -0.1) is 0 Å². The zero-order valence-electron chi connectivity index (χ0n) is 13.2. The molecule has 1 amide bonds. The van der Waals surface area contributed by atoms with Gasteiger partial charge in [-0.2, -0.15) is 5.26 Å². The van der Waals surface area contributed by atoms with Crippen molar-refractivity contribution >= 4 is 11.6 Å². The maximum absolute atomic E-state index is 13.8. The zero-order chi connectivity index (χ0) is 18.0. The molecule has 0 spiro atoms. The van der Waals surface area contributed by atoms with Crippen LogP contribution in [0.3, 0.4) is 0 Å². The maximum atomic E-state index is 13.8. The van der Waals surface area contributed by atoms with Gasteiger partial charge in [0.15, 0.2) is 17.5 Å². The first-order valence-electron chi connectivity index (χ1n) is 7.69. The van der Waals surface area contributed by atoms with Crippen LogP contribution in [0.2, 0.25) is 0 Å². The molecule has 3 rings (SSSR count). The summed E-state index contributed by atoms with van der Waals surface area (Å²) in [7, 11) is 0. The lowest BCUT2D eigenvalue weighted by atomic mass is 10.1. The molecule has 0 atom stereocenters. The van der Waals surface area contributed by atoms with E-state index in [0.717, 1.165) is 17.8 Å². The predicted octanol–water partition coefficient (Wildman–Crippen LogP) is 2.94. The number of nitriles is 1. The molecule has 4 nitrogen and oxygen atoms in total. The first kappa shape index (κ1) is 16.8. The Morgan fingerprint density at radius 3 is 2.16 bits per heavy atom. The van der Waals surface area contributed by atoms with Crippen molar-refractivity contribution in [3.05, 3.63) is 65.0 Å². The number of halogens is 3. The summed E-state index contributed by atoms with van der Waals surface area (Å²) in [5, 5.41) is 8.81. The highest BCUT2D eigenvalue weighted by Gasteiger charge is 2.26. The largest absolute Gasteiger partial charge is 0.368 e. The van der Waals surface area contributed by atoms with Crippen LogP contribution in [0.15, 0.2) is 36.4 Å². The minimum absolute atomic E-state index is 0.331. The lowest BCUT2D eigenvalue weighted by Gasteiger charge is -2.36. The number of carbonyl (C=O) groups is 1. The third-order valence-electron chi connectivity index (χ3n) is 4.19. The fourth-order valence-corrected chi connectivity index (χ4v) is 2.78. The average Bonchev–Trinajstić information content (AvgIpc) is 2.66. The quantitative estimate of drug-likeness (QED) is 0.787. The van der Waals surface area contributed by atoms with Gasteiger partial charge in [0.25, 0.3) is 5.91 Å². The Hall–Kier alpha value is -3.01. The van der Waals surface area contributed by atoms with Crippen LogP contribution in [-0.2, 0) is 0 Å². The monoisotopic (exact) mass is 345 g/mol. The third-order valence-corrected chi connectivity index (χ3v) is 4.19. The Kier molecular flexibility index (Phi) is 4.61. The molecular weight excluding hydrogens is 331 g/mol. The van der Waals surface area contributed by atoms with Gasteiger partial charge in [-0.05, 0) is 36.4 Å². The predicted molar refractivity (Wildman–Crippen MR) is 85.6 cm³/mol. The van der Waals surface area contributed by atoms with Crippen molar-refractivity contribution in [2.45, 2.75) is 0 Å². The van der Waals surface area contributed by atoms with Gasteiger partial charge in [0, 0.05) is 31.9 Å². The van der Waals surface area contributed by atoms with Gasteiger partial charge in [-0.3, -0.25) is 4.79 Å². The number of rotatable bonds is 2. The van der Waals surface area contributed by atoms with Gasteiger partial charge < -0.3 is 9.80 Å². The Balaban J connectivity index is 1.68. The van der Waals surface area contributed by atoms with Gasteiger partial charge in [0.2, 0.25) is 0 Å². The van der Waals surface area contributed by atoms with Crippen molar-refractivity contribution in [2.75, 3.05) is 31.1 Å². The van der Waals surface area contributed by atoms with Crippen molar-refractivity contribution in [1.29, 1.82) is 5.26 Å². The Labute approximate surface area is 142 Å². The molecule has 1 heterocycles. The minimum Gasteiger partial charge on any atom is -0.368 e. The molecule has 2 aromatic rings. The van der Waals surface area contributed by atoms with E-state index in [9.17, 15) is 18.0 Å². The van der Waals surface area contributed by atoms with Gasteiger partial charge in [-0.1, -0.05) is 0 Å². The molecule has 2 aromatic carbocycles. The van der Waals surface area contributed by atoms with E-state index in [4.69, 9.17) is 5.26 Å². The molecular formula is C18H14F3N3O. The summed E-state index contributed by atoms with van der Waals surface area (Å²) in [5.41, 5.74) is 1.02. The number of nitrogens with zero attached hydrogens (tertiary/aromatic N) is 3. The molecule has 0 aromatic heterocycles. The van der Waals surface area contributed by atoms with Gasteiger partial charge in [-0.25, -0.2) is 13.2 Å². The summed E-state index contributed by atoms with van der Waals surface area (Å²) >= 11 is 0. The molecule has 1 aliphatic rings. The number of hydrogen-bond acceptors (Lipinski definition) is 3. The average molecular weight is 345 g/mol. The first-order chi connectivity index (χ1) is 12.0. The summed E-state index contributed by atoms with van der Waals surface area (Å²) in [6.45, 7) is 1.69. The van der Waals surface area contributed by atoms with Gasteiger partial charge >= 0.3 is 0 Å². The van der Waals surface area contributed by atoms with Crippen molar-refractivity contribution in [2.24, 2.45) is 0 Å². The van der Waals surface area contributed by atoms with Crippen LogP contribution >= 0.6 is 0 Å². The van der Waals surface area contributed by atoms with Crippen LogP contribution in [0.1, 0.15) is 15.9 Å². The van der Waals surface area contributed by atoms with E-state index in [2.05, 4.69) is 0 Å². The molecule has 0 unspecified atom stereocenters. The summed E-state index contributed by atoms with van der Waals surface area (Å²) in [5.74, 6) is -5.07. The van der Waals surface area contributed by atoms with Gasteiger partial charge in [0.1, 0.15) is 0 Å². The van der Waals surface area contributed by atoms with Crippen LogP contribution in [-0.4, -0.2) is 37.0 Å². The van der Waals surface area contributed by atoms with E-state index in [1.54, 1.807) is 12.1 Å². The fourth-order valence-electron chi connectivity index (χ4n) is 2.78. The minimum atomic E-state index is -1.64. The smallest absolute Gasteiger partial charge is 0.257 e. The SMILES string of the molecule is N#Cc1ccc(N2CCN(C(=O)c3ccc(F)c(F)c3F)CC2)cc1. The Bertz CT molecular complexity index is 838. The van der Waals surface area contributed by atoms with E-state index in [-0.39, 0.29) is 0 Å². The number of anilines is 1. The molecule has 128 valence electrons. The van der Waals surface area contributed by atoms with Crippen molar-refractivity contribution in [3.63, 3.8) is 0 Å². The molecule has 7 heteroatoms. The van der Waals surface area contributed by atoms with Crippen molar-refractivity contribution in [3.8, 4) is 6.07 Å². The van der Waals surface area contributed by atoms with Gasteiger partial charge in [0.05, 0.1) is 17.2 Å². The van der Waals surface area contributed by atoms with E-state index < -0.39 is 28.9 Å². The molecule has 1 fully saturated rings. The van der Waals surface area contributed by atoms with Crippen LogP contribution in [0.4, 0.5) is 18.9 Å². The summed E-state index contributed by atoms with van der Waals surface area (Å²) < 4.78 is 40.1. The van der Waals surface area contributed by atoms with E-state index in [0.29, 0.717) is 31.7 Å². The highest BCUT2D eigenvalue weighted by Crippen LogP contribution is 2.20. The standard InChI is InChI=1S/C18H14F3N3O/c19-15-6-5-14(16(20)17(15)21)18(25)24-9-7-23(8-10-24)13-3-1-12(11-22)2-4-13/h1-6H,7-10H2. The number of piperazine rings is 1. The second-order valence-electron chi connectivity index (χ2n) is 5.66. The first-order valence-corrected chi connectivity index (χ1v) is 7.69. The van der Waals surface area contributed by atoms with E-state index >= 15 is 0 Å². The lowest BCUT2D eigenvalue weighted by Crippen LogP contribution is -2.49. The highest BCUT2D eigenvalue weighted by molar-refractivity contribution is 5.94. The highest BCUT2D eigenvalue weighted by atomic mass is 19.2. The van der Waals surface area contributed by atoms with Crippen molar-refractivity contribution < 1.29 is 18.0 Å². The Morgan fingerprint density at radius 2 is 1.56 bits per heavy atom. The second-order valence-corrected chi connectivity index (χ2v) is 5.66. The summed E-state index contributed by atoms with van der Waals surface area (Å²) in [4.78, 5) is 15.8. The topological polar surface area (TPSA) is 47.3 Å². The van der Waals surface area contributed by atoms with Crippen LogP contribution < -0.4 is 4.90 Å². The molecule has 0 N–H and O–H groups in total. The normalized spacial score (nSPS) is 14.3. The van der Waals surface area contributed by atoms with Crippen LogP contribution in [0.5, 0.6) is 0 Å². The van der Waals surface area contributed by atoms with E-state index in [1.807, 2.05) is 23.1 Å². The molecule has 0 bridgehead atoms. The molecule has 0 aliphatic carbocycles. The third kappa shape index (κ3) is 3.29. The molecule has 0 saturated carbocycles.